The highest BCUT2D eigenvalue weighted by Crippen LogP contribution is 2.24. The number of aromatic nitrogens is 2. The normalized spacial score (nSPS) is 10.7. The van der Waals surface area contributed by atoms with Crippen LogP contribution in [0.15, 0.2) is 61.2 Å². The fourth-order valence-corrected chi connectivity index (χ4v) is 2.50. The van der Waals surface area contributed by atoms with E-state index in [4.69, 9.17) is 0 Å². The molecule has 0 radical (unpaired) electrons. The van der Waals surface area contributed by atoms with Gasteiger partial charge in [-0.05, 0) is 36.4 Å². The zero-order valence-electron chi connectivity index (χ0n) is 8.08. The van der Waals surface area contributed by atoms with Crippen molar-refractivity contribution in [2.24, 2.45) is 0 Å². The zero-order chi connectivity index (χ0) is 10.1. The lowest BCUT2D eigenvalue weighted by Gasteiger charge is -1.97. The highest BCUT2D eigenvalue weighted by Gasteiger charge is 2.01. The maximum Gasteiger partial charge on any atom is 0.101 e. The highest BCUT2D eigenvalue weighted by atomic mass is 32.1. The molecule has 0 saturated heterocycles. The minimum absolute atomic E-state index is 1.24. The molecule has 0 aliphatic rings. The fourth-order valence-electron chi connectivity index (χ4n) is 1.56. The average molecular weight is 214 g/mol. The van der Waals surface area contributed by atoms with E-state index in [0.717, 1.165) is 0 Å². The molecule has 3 heteroatoms. The Hall–Kier alpha value is -1.74. The van der Waals surface area contributed by atoms with Gasteiger partial charge >= 0.3 is 0 Å². The Bertz CT molecular complexity index is 483. The predicted molar refractivity (Wildman–Crippen MR) is 63.0 cm³/mol. The first kappa shape index (κ1) is 8.56. The SMILES string of the molecule is c1ccn(-c2ccc(-n3cccc3)s2)c1. The second-order valence-electron chi connectivity index (χ2n) is 3.29. The van der Waals surface area contributed by atoms with E-state index in [1.54, 1.807) is 11.3 Å². The van der Waals surface area contributed by atoms with Gasteiger partial charge in [0.1, 0.15) is 10.0 Å². The summed E-state index contributed by atoms with van der Waals surface area (Å²) in [5, 5.41) is 2.48. The fraction of sp³-hybridized carbons (Fsp3) is 0. The number of rotatable bonds is 2. The lowest BCUT2D eigenvalue weighted by molar-refractivity contribution is 1.11. The molecule has 3 aromatic heterocycles. The number of hydrogen-bond acceptors (Lipinski definition) is 1. The average Bonchev–Trinajstić information content (AvgIpc) is 3.02. The lowest BCUT2D eigenvalue weighted by atomic mass is 10.5. The Labute approximate surface area is 92.0 Å². The third-order valence-electron chi connectivity index (χ3n) is 2.30. The van der Waals surface area contributed by atoms with Gasteiger partial charge in [-0.3, -0.25) is 0 Å². The second kappa shape index (κ2) is 3.44. The second-order valence-corrected chi connectivity index (χ2v) is 4.33. The number of nitrogens with zero attached hydrogens (tertiary/aromatic N) is 2. The summed E-state index contributed by atoms with van der Waals surface area (Å²) in [6, 6.07) is 12.4. The zero-order valence-corrected chi connectivity index (χ0v) is 8.89. The van der Waals surface area contributed by atoms with Gasteiger partial charge in [-0.2, -0.15) is 0 Å². The van der Waals surface area contributed by atoms with Crippen LogP contribution >= 0.6 is 11.3 Å². The summed E-state index contributed by atoms with van der Waals surface area (Å²) >= 11 is 1.77. The van der Waals surface area contributed by atoms with Gasteiger partial charge < -0.3 is 9.13 Å². The van der Waals surface area contributed by atoms with Crippen molar-refractivity contribution < 1.29 is 0 Å². The van der Waals surface area contributed by atoms with Crippen molar-refractivity contribution in [1.82, 2.24) is 9.13 Å². The van der Waals surface area contributed by atoms with E-state index in [-0.39, 0.29) is 0 Å². The molecule has 15 heavy (non-hydrogen) atoms. The molecular formula is C12H10N2S. The molecule has 0 atom stereocenters. The standard InChI is InChI=1S/C12H10N2S/c1-2-8-13(7-1)11-5-6-12(15-11)14-9-3-4-10-14/h1-10H. The Morgan fingerprint density at radius 2 is 1.07 bits per heavy atom. The molecular weight excluding hydrogens is 204 g/mol. The van der Waals surface area contributed by atoms with E-state index >= 15 is 0 Å². The molecule has 3 rings (SSSR count). The van der Waals surface area contributed by atoms with Crippen molar-refractivity contribution >= 4 is 11.3 Å². The van der Waals surface area contributed by atoms with Crippen molar-refractivity contribution in [2.75, 3.05) is 0 Å². The predicted octanol–water partition coefficient (Wildman–Crippen LogP) is 3.33. The minimum atomic E-state index is 1.24. The quantitative estimate of drug-likeness (QED) is 0.619. The molecule has 0 bridgehead atoms. The van der Waals surface area contributed by atoms with E-state index < -0.39 is 0 Å². The Balaban J connectivity index is 2.02. The minimum Gasteiger partial charge on any atom is -0.315 e. The molecule has 0 amide bonds. The summed E-state index contributed by atoms with van der Waals surface area (Å²) in [6.07, 6.45) is 8.24. The molecule has 74 valence electrons. The Morgan fingerprint density at radius 3 is 1.47 bits per heavy atom. The molecule has 0 unspecified atom stereocenters. The van der Waals surface area contributed by atoms with Crippen LogP contribution in [0.3, 0.4) is 0 Å². The maximum atomic E-state index is 2.14. The lowest BCUT2D eigenvalue weighted by Crippen LogP contribution is -1.83. The molecule has 0 aliphatic heterocycles. The third-order valence-corrected chi connectivity index (χ3v) is 3.41. The summed E-state index contributed by atoms with van der Waals surface area (Å²) < 4.78 is 4.25. The first-order valence-corrected chi connectivity index (χ1v) is 5.62. The van der Waals surface area contributed by atoms with Gasteiger partial charge in [0.2, 0.25) is 0 Å². The van der Waals surface area contributed by atoms with Crippen LogP contribution in [0.1, 0.15) is 0 Å². The van der Waals surface area contributed by atoms with Crippen LogP contribution in [0.5, 0.6) is 0 Å². The van der Waals surface area contributed by atoms with Gasteiger partial charge in [0, 0.05) is 24.8 Å². The van der Waals surface area contributed by atoms with E-state index in [2.05, 4.69) is 46.1 Å². The number of thiophene rings is 1. The summed E-state index contributed by atoms with van der Waals surface area (Å²) in [5.74, 6) is 0. The highest BCUT2D eigenvalue weighted by molar-refractivity contribution is 7.16. The first-order valence-electron chi connectivity index (χ1n) is 4.80. The van der Waals surface area contributed by atoms with Crippen LogP contribution in [0.2, 0.25) is 0 Å². The summed E-state index contributed by atoms with van der Waals surface area (Å²) in [4.78, 5) is 0. The van der Waals surface area contributed by atoms with Crippen molar-refractivity contribution in [3.05, 3.63) is 61.2 Å². The van der Waals surface area contributed by atoms with Gasteiger partial charge in [0.25, 0.3) is 0 Å². The van der Waals surface area contributed by atoms with E-state index in [1.165, 1.54) is 10.0 Å². The van der Waals surface area contributed by atoms with Crippen molar-refractivity contribution in [3.63, 3.8) is 0 Å². The summed E-state index contributed by atoms with van der Waals surface area (Å²) in [5.41, 5.74) is 0. The van der Waals surface area contributed by atoms with Crippen molar-refractivity contribution in [1.29, 1.82) is 0 Å². The molecule has 0 N–H and O–H groups in total. The third kappa shape index (κ3) is 1.51. The van der Waals surface area contributed by atoms with Crippen molar-refractivity contribution in [2.45, 2.75) is 0 Å². The molecule has 0 spiro atoms. The molecule has 2 nitrogen and oxygen atoms in total. The molecule has 0 saturated carbocycles. The van der Waals surface area contributed by atoms with Gasteiger partial charge in [0.15, 0.2) is 0 Å². The van der Waals surface area contributed by atoms with Gasteiger partial charge in [-0.1, -0.05) is 11.3 Å². The molecule has 3 aromatic rings. The van der Waals surface area contributed by atoms with Crippen molar-refractivity contribution in [3.8, 4) is 10.0 Å². The van der Waals surface area contributed by atoms with E-state index in [0.29, 0.717) is 0 Å². The molecule has 0 fully saturated rings. The smallest absolute Gasteiger partial charge is 0.101 e. The Kier molecular flexibility index (Phi) is 1.96. The van der Waals surface area contributed by atoms with Crippen LogP contribution < -0.4 is 0 Å². The number of hydrogen-bond donors (Lipinski definition) is 0. The van der Waals surface area contributed by atoms with Crippen LogP contribution in [-0.4, -0.2) is 9.13 Å². The molecule has 3 heterocycles. The summed E-state index contributed by atoms with van der Waals surface area (Å²) in [7, 11) is 0. The van der Waals surface area contributed by atoms with E-state index in [9.17, 15) is 0 Å². The van der Waals surface area contributed by atoms with Crippen LogP contribution in [0, 0.1) is 0 Å². The van der Waals surface area contributed by atoms with Crippen LogP contribution in [-0.2, 0) is 0 Å². The van der Waals surface area contributed by atoms with Gasteiger partial charge in [-0.25, -0.2) is 0 Å². The van der Waals surface area contributed by atoms with E-state index in [1.807, 2.05) is 24.3 Å². The van der Waals surface area contributed by atoms with Crippen LogP contribution in [0.4, 0.5) is 0 Å². The largest absolute Gasteiger partial charge is 0.315 e. The molecule has 0 aromatic carbocycles. The first-order chi connectivity index (χ1) is 7.43. The topological polar surface area (TPSA) is 9.86 Å². The summed E-state index contributed by atoms with van der Waals surface area (Å²) in [6.45, 7) is 0. The van der Waals surface area contributed by atoms with Crippen LogP contribution in [0.25, 0.3) is 10.0 Å². The molecule has 0 aliphatic carbocycles. The van der Waals surface area contributed by atoms with Gasteiger partial charge in [0.05, 0.1) is 0 Å². The monoisotopic (exact) mass is 214 g/mol. The Morgan fingerprint density at radius 1 is 0.667 bits per heavy atom. The maximum absolute atomic E-state index is 2.14. The van der Waals surface area contributed by atoms with Gasteiger partial charge in [-0.15, -0.1) is 0 Å².